The summed E-state index contributed by atoms with van der Waals surface area (Å²) in [5, 5.41) is 9.62. The third kappa shape index (κ3) is 17.0. The minimum Gasteiger partial charge on any atom is -0.508 e. The second-order valence-corrected chi connectivity index (χ2v) is 11.0. The van der Waals surface area contributed by atoms with Gasteiger partial charge in [0.2, 0.25) is 0 Å². The molecule has 3 rings (SSSR count). The molecule has 43 heavy (non-hydrogen) atoms. The number of hydrogen-bond acceptors (Lipinski definition) is 4. The SMILES string of the molecule is C1CCC2(C1)CCCC2.C=C/C=C(N=C(C)C)/C(=C/C)N=CCC.CC.CC.CC(=O)/C(C)=C/c1cc(C)cc(O)c1C. The summed E-state index contributed by atoms with van der Waals surface area (Å²) in [4.78, 5) is 19.9. The number of rotatable bonds is 7. The van der Waals surface area contributed by atoms with Gasteiger partial charge < -0.3 is 5.11 Å². The molecule has 2 aliphatic carbocycles. The molecule has 1 N–H and O–H groups in total. The Balaban J connectivity index is 0. The van der Waals surface area contributed by atoms with E-state index in [0.29, 0.717) is 5.57 Å². The van der Waals surface area contributed by atoms with E-state index in [0.717, 1.165) is 45.6 Å². The fraction of sp³-hybridized carbons (Fsp3) is 0.564. The van der Waals surface area contributed by atoms with Crippen molar-refractivity contribution < 1.29 is 9.90 Å². The van der Waals surface area contributed by atoms with Gasteiger partial charge in [0.25, 0.3) is 0 Å². The number of ketones is 1. The van der Waals surface area contributed by atoms with Gasteiger partial charge in [-0.25, -0.2) is 0 Å². The fourth-order valence-electron chi connectivity index (χ4n) is 5.11. The minimum atomic E-state index is 0.0513. The average Bonchev–Trinajstić information content (AvgIpc) is 3.66. The number of hydrogen-bond donors (Lipinski definition) is 1. The Morgan fingerprint density at radius 2 is 1.44 bits per heavy atom. The minimum absolute atomic E-state index is 0.0513. The van der Waals surface area contributed by atoms with Gasteiger partial charge in [0, 0.05) is 11.9 Å². The van der Waals surface area contributed by atoms with E-state index in [1.54, 1.807) is 44.7 Å². The molecule has 0 aromatic heterocycles. The maximum atomic E-state index is 11.1. The molecule has 0 radical (unpaired) electrons. The lowest BCUT2D eigenvalue weighted by Crippen LogP contribution is -2.08. The van der Waals surface area contributed by atoms with Crippen LogP contribution in [0.2, 0.25) is 0 Å². The summed E-state index contributed by atoms with van der Waals surface area (Å²) in [6.45, 7) is 26.7. The quantitative estimate of drug-likeness (QED) is 0.194. The lowest BCUT2D eigenvalue weighted by atomic mass is 9.85. The first kappa shape index (κ1) is 42.1. The molecule has 1 aromatic rings. The van der Waals surface area contributed by atoms with Gasteiger partial charge in [-0.1, -0.05) is 85.1 Å². The summed E-state index contributed by atoms with van der Waals surface area (Å²) in [5.41, 5.74) is 7.04. The zero-order valence-corrected chi connectivity index (χ0v) is 29.9. The van der Waals surface area contributed by atoms with Crippen molar-refractivity contribution in [3.05, 3.63) is 70.6 Å². The molecule has 242 valence electrons. The van der Waals surface area contributed by atoms with Gasteiger partial charge in [0.1, 0.15) is 5.75 Å². The Kier molecular flexibility index (Phi) is 23.9. The van der Waals surface area contributed by atoms with Gasteiger partial charge in [0.15, 0.2) is 5.78 Å². The normalized spacial score (nSPS) is 15.6. The lowest BCUT2D eigenvalue weighted by molar-refractivity contribution is -0.113. The number of Topliss-reactive ketones (excluding diaryl/α,β-unsaturated/α-hetero) is 1. The number of allylic oxidation sites excluding steroid dienone is 4. The van der Waals surface area contributed by atoms with E-state index >= 15 is 0 Å². The number of phenolic OH excluding ortho intramolecular Hbond substituents is 1. The molecule has 0 aliphatic heterocycles. The molecule has 4 nitrogen and oxygen atoms in total. The Morgan fingerprint density at radius 3 is 1.84 bits per heavy atom. The van der Waals surface area contributed by atoms with Crippen LogP contribution in [-0.2, 0) is 4.79 Å². The molecule has 0 bridgehead atoms. The number of carbonyl (C=O) groups excluding carboxylic acids is 1. The summed E-state index contributed by atoms with van der Waals surface area (Å²) < 4.78 is 0. The summed E-state index contributed by atoms with van der Waals surface area (Å²) in [6, 6.07) is 3.68. The van der Waals surface area contributed by atoms with Crippen molar-refractivity contribution in [3.63, 3.8) is 0 Å². The van der Waals surface area contributed by atoms with E-state index < -0.39 is 0 Å². The van der Waals surface area contributed by atoms with Crippen molar-refractivity contribution >= 4 is 23.8 Å². The number of benzene rings is 1. The highest BCUT2D eigenvalue weighted by Gasteiger charge is 2.35. The second-order valence-electron chi connectivity index (χ2n) is 11.0. The van der Waals surface area contributed by atoms with Gasteiger partial charge in [-0.15, -0.1) is 0 Å². The summed E-state index contributed by atoms with van der Waals surface area (Å²) >= 11 is 0. The van der Waals surface area contributed by atoms with Crippen LogP contribution in [0.25, 0.3) is 6.08 Å². The van der Waals surface area contributed by atoms with Gasteiger partial charge in [0.05, 0.1) is 11.4 Å². The summed E-state index contributed by atoms with van der Waals surface area (Å²) in [5.74, 6) is 0.327. The zero-order valence-electron chi connectivity index (χ0n) is 29.9. The number of carbonyl (C=O) groups is 1. The molecule has 0 unspecified atom stereocenters. The van der Waals surface area contributed by atoms with Gasteiger partial charge >= 0.3 is 0 Å². The first-order valence-corrected chi connectivity index (χ1v) is 16.5. The molecule has 0 saturated heterocycles. The Bertz CT molecular complexity index is 1080. The molecule has 0 heterocycles. The van der Waals surface area contributed by atoms with Crippen LogP contribution in [0.15, 0.2) is 63.9 Å². The Hall–Kier alpha value is -3.01. The first-order valence-electron chi connectivity index (χ1n) is 16.5. The topological polar surface area (TPSA) is 62.0 Å². The van der Waals surface area contributed by atoms with Crippen molar-refractivity contribution in [2.75, 3.05) is 0 Å². The summed E-state index contributed by atoms with van der Waals surface area (Å²) in [6.07, 6.45) is 22.5. The van der Waals surface area contributed by atoms with Gasteiger partial charge in [-0.05, 0) is 126 Å². The van der Waals surface area contributed by atoms with E-state index in [1.165, 1.54) is 32.6 Å². The predicted octanol–water partition coefficient (Wildman–Crippen LogP) is 12.1. The average molecular weight is 593 g/mol. The number of nitrogens with zero attached hydrogens (tertiary/aromatic N) is 2. The molecule has 2 aliphatic rings. The molecule has 2 fully saturated rings. The lowest BCUT2D eigenvalue weighted by Gasteiger charge is -2.20. The third-order valence-electron chi connectivity index (χ3n) is 7.39. The molecule has 2 saturated carbocycles. The molecular weight excluding hydrogens is 528 g/mol. The van der Waals surface area contributed by atoms with E-state index in [1.807, 2.05) is 92.8 Å². The molecule has 1 spiro atoms. The van der Waals surface area contributed by atoms with Crippen LogP contribution in [-0.4, -0.2) is 22.8 Å². The van der Waals surface area contributed by atoms with Gasteiger partial charge in [-0.3, -0.25) is 14.8 Å². The Labute approximate surface area is 265 Å². The van der Waals surface area contributed by atoms with E-state index in [4.69, 9.17) is 0 Å². The number of aliphatic imine (C=N–C) groups is 2. The van der Waals surface area contributed by atoms with Crippen molar-refractivity contribution in [3.8, 4) is 5.75 Å². The smallest absolute Gasteiger partial charge is 0.155 e. The van der Waals surface area contributed by atoms with E-state index in [9.17, 15) is 9.90 Å². The van der Waals surface area contributed by atoms with Gasteiger partial charge in [-0.2, -0.15) is 0 Å². The maximum absolute atomic E-state index is 11.1. The number of aryl methyl sites for hydroxylation is 1. The predicted molar refractivity (Wildman–Crippen MR) is 194 cm³/mol. The van der Waals surface area contributed by atoms with Crippen LogP contribution < -0.4 is 0 Å². The molecule has 4 heteroatoms. The van der Waals surface area contributed by atoms with Crippen molar-refractivity contribution in [1.29, 1.82) is 0 Å². The van der Waals surface area contributed by atoms with Crippen molar-refractivity contribution in [1.82, 2.24) is 0 Å². The number of phenols is 1. The van der Waals surface area contributed by atoms with Crippen LogP contribution in [0.4, 0.5) is 0 Å². The molecule has 0 atom stereocenters. The van der Waals surface area contributed by atoms with E-state index in [-0.39, 0.29) is 11.5 Å². The number of aromatic hydroxyl groups is 1. The zero-order chi connectivity index (χ0) is 33.4. The largest absolute Gasteiger partial charge is 0.508 e. The Morgan fingerprint density at radius 1 is 0.930 bits per heavy atom. The highest BCUT2D eigenvalue weighted by Crippen LogP contribution is 2.50. The van der Waals surface area contributed by atoms with Crippen LogP contribution in [0.5, 0.6) is 5.75 Å². The maximum Gasteiger partial charge on any atom is 0.155 e. The molecule has 1 aromatic carbocycles. The van der Waals surface area contributed by atoms with Crippen LogP contribution in [0.1, 0.15) is 144 Å². The highest BCUT2D eigenvalue weighted by molar-refractivity contribution is 5.97. The van der Waals surface area contributed by atoms with Crippen LogP contribution in [0, 0.1) is 19.3 Å². The molecule has 0 amide bonds. The first-order chi connectivity index (χ1) is 20.5. The highest BCUT2D eigenvalue weighted by atomic mass is 16.3. The standard InChI is InChI=1S/C13H20N2.C13H16O2.C9H16.2C2H6/c1-6-9-13(15-11(4)5)12(8-3)14-10-7-2;1-8-5-12(7-9(2)11(4)14)10(3)13(15)6-8;1-2-6-9(5-1)7-3-4-8-9;2*1-2/h6,8-10H,1,7H2,2-5H3;5-7,15H,1-4H3;1-8H2;2*1-2H3/b12-8-,13-9-,14-10?;9-7+;;;. The summed E-state index contributed by atoms with van der Waals surface area (Å²) in [7, 11) is 0. The van der Waals surface area contributed by atoms with Crippen LogP contribution in [0.3, 0.4) is 0 Å². The van der Waals surface area contributed by atoms with E-state index in [2.05, 4.69) is 23.5 Å². The monoisotopic (exact) mass is 592 g/mol. The second kappa shape index (κ2) is 24.4. The van der Waals surface area contributed by atoms with Crippen molar-refractivity contribution in [2.45, 2.75) is 141 Å². The third-order valence-corrected chi connectivity index (χ3v) is 7.39. The van der Waals surface area contributed by atoms with Crippen LogP contribution >= 0.6 is 0 Å². The molecular formula is C39H64N2O2. The van der Waals surface area contributed by atoms with Crippen molar-refractivity contribution in [2.24, 2.45) is 15.4 Å². The fourth-order valence-corrected chi connectivity index (χ4v) is 5.11.